The molecule has 1 rings (SSSR count). The molecule has 1 unspecified atom stereocenters. The van der Waals surface area contributed by atoms with E-state index in [1.807, 2.05) is 0 Å². The Kier molecular flexibility index (Phi) is 6.98. The molecule has 0 spiro atoms. The highest BCUT2D eigenvalue weighted by Crippen LogP contribution is 2.22. The van der Waals surface area contributed by atoms with Gasteiger partial charge in [0.05, 0.1) is 0 Å². The highest BCUT2D eigenvalue weighted by molar-refractivity contribution is 6.30. The summed E-state index contributed by atoms with van der Waals surface area (Å²) in [5.41, 5.74) is 0.987. The second-order valence-corrected chi connectivity index (χ2v) is 4.77. The van der Waals surface area contributed by atoms with Crippen LogP contribution < -0.4 is 5.32 Å². The molecule has 2 N–H and O–H groups in total. The summed E-state index contributed by atoms with van der Waals surface area (Å²) in [4.78, 5) is 8.27. The number of hydrogen-bond donors (Lipinski definition) is 2. The first-order valence-corrected chi connectivity index (χ1v) is 6.94. The molecule has 0 radical (unpaired) electrons. The van der Waals surface area contributed by atoms with E-state index in [2.05, 4.69) is 29.1 Å². The molecular weight excluding hydrogens is 250 g/mol. The summed E-state index contributed by atoms with van der Waals surface area (Å²) in [6.45, 7) is 5.27. The van der Waals surface area contributed by atoms with Crippen molar-refractivity contribution in [3.8, 4) is 0 Å². The average Bonchev–Trinajstić information content (AvgIpc) is 2.38. The number of halogens is 1. The SMILES string of the molecule is CCCc1c(Cl)ncnc1NCC(CC)CCO. The van der Waals surface area contributed by atoms with Crippen molar-refractivity contribution >= 4 is 17.4 Å². The highest BCUT2D eigenvalue weighted by Gasteiger charge is 2.11. The molecule has 5 heteroatoms. The van der Waals surface area contributed by atoms with Crippen LogP contribution >= 0.6 is 11.6 Å². The number of rotatable bonds is 8. The van der Waals surface area contributed by atoms with Gasteiger partial charge in [-0.2, -0.15) is 0 Å². The van der Waals surface area contributed by atoms with Crippen molar-refractivity contribution in [2.24, 2.45) is 5.92 Å². The zero-order valence-corrected chi connectivity index (χ0v) is 11.9. The van der Waals surface area contributed by atoms with E-state index in [9.17, 15) is 0 Å². The lowest BCUT2D eigenvalue weighted by atomic mass is 10.0. The lowest BCUT2D eigenvalue weighted by molar-refractivity contribution is 0.258. The van der Waals surface area contributed by atoms with Crippen molar-refractivity contribution in [1.29, 1.82) is 0 Å². The van der Waals surface area contributed by atoms with Gasteiger partial charge in [-0.15, -0.1) is 0 Å². The largest absolute Gasteiger partial charge is 0.396 e. The molecule has 0 saturated carbocycles. The topological polar surface area (TPSA) is 58.0 Å². The molecule has 1 aromatic rings. The van der Waals surface area contributed by atoms with Gasteiger partial charge in [0.1, 0.15) is 17.3 Å². The molecular formula is C13H22ClN3O. The molecule has 0 aliphatic heterocycles. The first-order valence-electron chi connectivity index (χ1n) is 6.56. The van der Waals surface area contributed by atoms with Crippen LogP contribution in [0.25, 0.3) is 0 Å². The minimum absolute atomic E-state index is 0.229. The van der Waals surface area contributed by atoms with Crippen molar-refractivity contribution < 1.29 is 5.11 Å². The van der Waals surface area contributed by atoms with Crippen LogP contribution in [0.15, 0.2) is 6.33 Å². The Morgan fingerprint density at radius 2 is 2.17 bits per heavy atom. The molecule has 1 heterocycles. The first kappa shape index (κ1) is 15.2. The predicted octanol–water partition coefficient (Wildman–Crippen LogP) is 2.90. The van der Waals surface area contributed by atoms with E-state index in [-0.39, 0.29) is 6.61 Å². The summed E-state index contributed by atoms with van der Waals surface area (Å²) in [7, 11) is 0. The van der Waals surface area contributed by atoms with E-state index in [0.29, 0.717) is 11.1 Å². The van der Waals surface area contributed by atoms with Gasteiger partial charge in [0.2, 0.25) is 0 Å². The first-order chi connectivity index (χ1) is 8.72. The van der Waals surface area contributed by atoms with Crippen LogP contribution in [-0.2, 0) is 6.42 Å². The highest BCUT2D eigenvalue weighted by atomic mass is 35.5. The molecule has 18 heavy (non-hydrogen) atoms. The van der Waals surface area contributed by atoms with Crippen LogP contribution in [0.1, 0.15) is 38.7 Å². The lowest BCUT2D eigenvalue weighted by Gasteiger charge is -2.16. The van der Waals surface area contributed by atoms with Crippen molar-refractivity contribution in [2.75, 3.05) is 18.5 Å². The third-order valence-corrected chi connectivity index (χ3v) is 3.39. The second kappa shape index (κ2) is 8.27. The van der Waals surface area contributed by atoms with E-state index >= 15 is 0 Å². The third kappa shape index (κ3) is 4.42. The molecule has 0 amide bonds. The Morgan fingerprint density at radius 1 is 1.39 bits per heavy atom. The van der Waals surface area contributed by atoms with Gasteiger partial charge in [0, 0.05) is 18.7 Å². The van der Waals surface area contributed by atoms with Crippen molar-refractivity contribution in [1.82, 2.24) is 9.97 Å². The van der Waals surface area contributed by atoms with Crippen LogP contribution in [0.2, 0.25) is 5.15 Å². The van der Waals surface area contributed by atoms with Gasteiger partial charge < -0.3 is 10.4 Å². The molecule has 102 valence electrons. The molecule has 1 atom stereocenters. The van der Waals surface area contributed by atoms with Gasteiger partial charge in [-0.25, -0.2) is 9.97 Å². The van der Waals surface area contributed by atoms with Gasteiger partial charge in [0.25, 0.3) is 0 Å². The fraction of sp³-hybridized carbons (Fsp3) is 0.692. The lowest BCUT2D eigenvalue weighted by Crippen LogP contribution is -2.17. The van der Waals surface area contributed by atoms with Gasteiger partial charge >= 0.3 is 0 Å². The summed E-state index contributed by atoms with van der Waals surface area (Å²) in [5.74, 6) is 1.28. The Balaban J connectivity index is 2.68. The smallest absolute Gasteiger partial charge is 0.137 e. The Hall–Kier alpha value is -0.870. The van der Waals surface area contributed by atoms with E-state index < -0.39 is 0 Å². The quantitative estimate of drug-likeness (QED) is 0.714. The third-order valence-electron chi connectivity index (χ3n) is 3.07. The van der Waals surface area contributed by atoms with Gasteiger partial charge in [0.15, 0.2) is 0 Å². The fourth-order valence-corrected chi connectivity index (χ4v) is 2.12. The van der Waals surface area contributed by atoms with Crippen LogP contribution in [0.4, 0.5) is 5.82 Å². The zero-order valence-electron chi connectivity index (χ0n) is 11.1. The summed E-state index contributed by atoms with van der Waals surface area (Å²) >= 11 is 6.09. The van der Waals surface area contributed by atoms with Crippen LogP contribution in [0.3, 0.4) is 0 Å². The number of nitrogens with zero attached hydrogens (tertiary/aromatic N) is 2. The number of aromatic nitrogens is 2. The molecule has 0 fully saturated rings. The Bertz CT molecular complexity index is 360. The van der Waals surface area contributed by atoms with Crippen LogP contribution in [0, 0.1) is 5.92 Å². The monoisotopic (exact) mass is 271 g/mol. The Labute approximate surface area is 114 Å². The number of anilines is 1. The maximum Gasteiger partial charge on any atom is 0.137 e. The second-order valence-electron chi connectivity index (χ2n) is 4.41. The Morgan fingerprint density at radius 3 is 2.78 bits per heavy atom. The average molecular weight is 272 g/mol. The molecule has 0 saturated heterocycles. The normalized spacial score (nSPS) is 12.4. The number of nitrogens with one attached hydrogen (secondary N) is 1. The van der Waals surface area contributed by atoms with Crippen molar-refractivity contribution in [2.45, 2.75) is 39.5 Å². The minimum atomic E-state index is 0.229. The van der Waals surface area contributed by atoms with Crippen molar-refractivity contribution in [3.63, 3.8) is 0 Å². The zero-order chi connectivity index (χ0) is 13.4. The van der Waals surface area contributed by atoms with Gasteiger partial charge in [-0.05, 0) is 18.8 Å². The minimum Gasteiger partial charge on any atom is -0.396 e. The van der Waals surface area contributed by atoms with Crippen molar-refractivity contribution in [3.05, 3.63) is 17.0 Å². The summed E-state index contributed by atoms with van der Waals surface area (Å²) in [6.07, 6.45) is 5.21. The standard InChI is InChI=1S/C13H22ClN3O/c1-3-5-11-12(14)16-9-17-13(11)15-8-10(4-2)6-7-18/h9-10,18H,3-8H2,1-2H3,(H,15,16,17). The van der Waals surface area contributed by atoms with E-state index in [1.54, 1.807) is 0 Å². The van der Waals surface area contributed by atoms with Crippen LogP contribution in [-0.4, -0.2) is 28.2 Å². The maximum atomic E-state index is 8.97. The van der Waals surface area contributed by atoms with Gasteiger partial charge in [-0.1, -0.05) is 38.3 Å². The van der Waals surface area contributed by atoms with E-state index in [1.165, 1.54) is 6.33 Å². The number of aliphatic hydroxyl groups is 1. The molecule has 0 bridgehead atoms. The number of hydrogen-bond acceptors (Lipinski definition) is 4. The molecule has 0 aliphatic carbocycles. The van der Waals surface area contributed by atoms with E-state index in [0.717, 1.165) is 43.6 Å². The maximum absolute atomic E-state index is 8.97. The van der Waals surface area contributed by atoms with Gasteiger partial charge in [-0.3, -0.25) is 0 Å². The molecule has 4 nitrogen and oxygen atoms in total. The molecule has 1 aromatic heterocycles. The predicted molar refractivity (Wildman–Crippen MR) is 75.0 cm³/mol. The molecule has 0 aromatic carbocycles. The van der Waals surface area contributed by atoms with E-state index in [4.69, 9.17) is 16.7 Å². The fourth-order valence-electron chi connectivity index (χ4n) is 1.89. The summed E-state index contributed by atoms with van der Waals surface area (Å²) < 4.78 is 0. The molecule has 0 aliphatic rings. The summed E-state index contributed by atoms with van der Waals surface area (Å²) in [5, 5.41) is 12.8. The summed E-state index contributed by atoms with van der Waals surface area (Å²) in [6, 6.07) is 0. The van der Waals surface area contributed by atoms with Crippen LogP contribution in [0.5, 0.6) is 0 Å². The number of aliphatic hydroxyl groups excluding tert-OH is 1.